The Morgan fingerprint density at radius 2 is 2.00 bits per heavy atom. The Morgan fingerprint density at radius 1 is 1.33 bits per heavy atom. The van der Waals surface area contributed by atoms with Crippen LogP contribution in [0.15, 0.2) is 18.2 Å². The first-order chi connectivity index (χ1) is 8.62. The lowest BCUT2D eigenvalue weighted by Gasteiger charge is -2.14. The summed E-state index contributed by atoms with van der Waals surface area (Å²) in [5.41, 5.74) is 0.643. The highest BCUT2D eigenvalue weighted by molar-refractivity contribution is 5.73. The van der Waals surface area contributed by atoms with E-state index in [9.17, 15) is 9.90 Å². The number of carbonyl (C=O) groups is 1. The van der Waals surface area contributed by atoms with Gasteiger partial charge in [0.05, 0.1) is 20.3 Å². The van der Waals surface area contributed by atoms with Crippen LogP contribution in [-0.2, 0) is 0 Å². The number of hydrogen-bond acceptors (Lipinski definition) is 4. The van der Waals surface area contributed by atoms with Gasteiger partial charge in [0.15, 0.2) is 11.5 Å². The highest BCUT2D eigenvalue weighted by Gasteiger charge is 2.12. The predicted octanol–water partition coefficient (Wildman–Crippen LogP) is 0.666. The van der Waals surface area contributed by atoms with Gasteiger partial charge < -0.3 is 25.2 Å². The standard InChI is InChI=1S/C12H18N2O4/c1-13-12(16)14-7-9(15)8-4-5-10(17-2)11(6-8)18-3/h4-6,9,15H,7H2,1-3H3,(H2,13,14,16). The summed E-state index contributed by atoms with van der Waals surface area (Å²) >= 11 is 0. The molecule has 3 N–H and O–H groups in total. The third kappa shape index (κ3) is 3.53. The van der Waals surface area contributed by atoms with Crippen LogP contribution in [0.4, 0.5) is 4.79 Å². The third-order valence-corrected chi connectivity index (χ3v) is 2.48. The van der Waals surface area contributed by atoms with Crippen LogP contribution in [0.3, 0.4) is 0 Å². The van der Waals surface area contributed by atoms with Crippen LogP contribution in [0.1, 0.15) is 11.7 Å². The fourth-order valence-electron chi connectivity index (χ4n) is 1.46. The van der Waals surface area contributed by atoms with Crippen LogP contribution in [0.5, 0.6) is 11.5 Å². The zero-order valence-electron chi connectivity index (χ0n) is 10.7. The Bertz CT molecular complexity index is 409. The minimum absolute atomic E-state index is 0.120. The van der Waals surface area contributed by atoms with Gasteiger partial charge in [-0.2, -0.15) is 0 Å². The first kappa shape index (κ1) is 14.1. The van der Waals surface area contributed by atoms with E-state index in [-0.39, 0.29) is 12.6 Å². The van der Waals surface area contributed by atoms with Gasteiger partial charge in [-0.3, -0.25) is 0 Å². The molecule has 0 aliphatic heterocycles. The number of carbonyl (C=O) groups excluding carboxylic acids is 1. The van der Waals surface area contributed by atoms with Gasteiger partial charge in [0.1, 0.15) is 0 Å². The molecule has 18 heavy (non-hydrogen) atoms. The minimum atomic E-state index is -0.804. The molecule has 0 saturated heterocycles. The number of aliphatic hydroxyl groups is 1. The molecule has 6 nitrogen and oxygen atoms in total. The largest absolute Gasteiger partial charge is 0.493 e. The molecule has 2 amide bonds. The summed E-state index contributed by atoms with van der Waals surface area (Å²) in [7, 11) is 4.58. The second kappa shape index (κ2) is 6.70. The van der Waals surface area contributed by atoms with Crippen molar-refractivity contribution in [2.75, 3.05) is 27.8 Å². The van der Waals surface area contributed by atoms with E-state index in [2.05, 4.69) is 10.6 Å². The van der Waals surface area contributed by atoms with Gasteiger partial charge in [-0.1, -0.05) is 6.07 Å². The smallest absolute Gasteiger partial charge is 0.314 e. The Hall–Kier alpha value is -1.95. The summed E-state index contributed by atoms with van der Waals surface area (Å²) < 4.78 is 10.2. The second-order valence-electron chi connectivity index (χ2n) is 3.59. The maximum Gasteiger partial charge on any atom is 0.314 e. The van der Waals surface area contributed by atoms with Crippen LogP contribution >= 0.6 is 0 Å². The van der Waals surface area contributed by atoms with E-state index < -0.39 is 6.10 Å². The highest BCUT2D eigenvalue weighted by Crippen LogP contribution is 2.29. The van der Waals surface area contributed by atoms with Crippen LogP contribution in [0, 0.1) is 0 Å². The minimum Gasteiger partial charge on any atom is -0.493 e. The predicted molar refractivity (Wildman–Crippen MR) is 67.0 cm³/mol. The summed E-state index contributed by atoms with van der Waals surface area (Å²) in [4.78, 5) is 11.0. The maximum atomic E-state index is 11.0. The van der Waals surface area contributed by atoms with Crippen molar-refractivity contribution in [3.63, 3.8) is 0 Å². The molecule has 1 rings (SSSR count). The van der Waals surface area contributed by atoms with E-state index in [0.29, 0.717) is 17.1 Å². The number of urea groups is 1. The molecule has 0 heterocycles. The van der Waals surface area contributed by atoms with Gasteiger partial charge in [-0.05, 0) is 17.7 Å². The fraction of sp³-hybridized carbons (Fsp3) is 0.417. The first-order valence-corrected chi connectivity index (χ1v) is 5.48. The Balaban J connectivity index is 2.73. The summed E-state index contributed by atoms with van der Waals surface area (Å²) in [5.74, 6) is 1.13. The molecule has 0 aliphatic carbocycles. The average Bonchev–Trinajstić information content (AvgIpc) is 2.43. The number of aliphatic hydroxyl groups excluding tert-OH is 1. The molecule has 0 fully saturated rings. The summed E-state index contributed by atoms with van der Waals surface area (Å²) in [5, 5.41) is 14.8. The van der Waals surface area contributed by atoms with E-state index in [4.69, 9.17) is 9.47 Å². The van der Waals surface area contributed by atoms with E-state index in [1.165, 1.54) is 14.2 Å². The average molecular weight is 254 g/mol. The quantitative estimate of drug-likeness (QED) is 0.721. The molecule has 6 heteroatoms. The highest BCUT2D eigenvalue weighted by atomic mass is 16.5. The maximum absolute atomic E-state index is 11.0. The molecule has 1 aromatic rings. The van der Waals surface area contributed by atoms with Gasteiger partial charge in [0.25, 0.3) is 0 Å². The first-order valence-electron chi connectivity index (χ1n) is 5.48. The van der Waals surface area contributed by atoms with Crippen LogP contribution < -0.4 is 20.1 Å². The zero-order valence-corrected chi connectivity index (χ0v) is 10.7. The number of amides is 2. The van der Waals surface area contributed by atoms with Crippen molar-refractivity contribution in [3.8, 4) is 11.5 Å². The number of hydrogen-bond donors (Lipinski definition) is 3. The monoisotopic (exact) mass is 254 g/mol. The molecular weight excluding hydrogens is 236 g/mol. The van der Waals surface area contributed by atoms with Crippen molar-refractivity contribution in [1.82, 2.24) is 10.6 Å². The van der Waals surface area contributed by atoms with E-state index in [1.54, 1.807) is 25.3 Å². The summed E-state index contributed by atoms with van der Waals surface area (Å²) in [6.45, 7) is 0.120. The topological polar surface area (TPSA) is 79.8 Å². The van der Waals surface area contributed by atoms with E-state index >= 15 is 0 Å². The Morgan fingerprint density at radius 3 is 2.56 bits per heavy atom. The lowest BCUT2D eigenvalue weighted by atomic mass is 10.1. The lowest BCUT2D eigenvalue weighted by Crippen LogP contribution is -2.35. The van der Waals surface area contributed by atoms with Gasteiger partial charge in [-0.15, -0.1) is 0 Å². The van der Waals surface area contributed by atoms with Crippen molar-refractivity contribution in [3.05, 3.63) is 23.8 Å². The van der Waals surface area contributed by atoms with Crippen LogP contribution in [0.25, 0.3) is 0 Å². The van der Waals surface area contributed by atoms with Crippen molar-refractivity contribution in [1.29, 1.82) is 0 Å². The second-order valence-corrected chi connectivity index (χ2v) is 3.59. The fourth-order valence-corrected chi connectivity index (χ4v) is 1.46. The number of methoxy groups -OCH3 is 2. The molecular formula is C12H18N2O4. The Kier molecular flexibility index (Phi) is 5.26. The van der Waals surface area contributed by atoms with Crippen molar-refractivity contribution < 1.29 is 19.4 Å². The SMILES string of the molecule is CNC(=O)NCC(O)c1ccc(OC)c(OC)c1. The molecule has 0 spiro atoms. The van der Waals surface area contributed by atoms with Gasteiger partial charge >= 0.3 is 6.03 Å². The zero-order chi connectivity index (χ0) is 13.5. The van der Waals surface area contributed by atoms with Gasteiger partial charge in [-0.25, -0.2) is 4.79 Å². The molecule has 1 aromatic carbocycles. The summed E-state index contributed by atoms with van der Waals surface area (Å²) in [6.07, 6.45) is -0.804. The molecule has 100 valence electrons. The molecule has 0 radical (unpaired) electrons. The molecule has 0 bridgehead atoms. The number of benzene rings is 1. The molecule has 1 atom stereocenters. The third-order valence-electron chi connectivity index (χ3n) is 2.48. The number of ether oxygens (including phenoxy) is 2. The number of nitrogens with one attached hydrogen (secondary N) is 2. The van der Waals surface area contributed by atoms with Crippen LogP contribution in [0.2, 0.25) is 0 Å². The van der Waals surface area contributed by atoms with Crippen LogP contribution in [-0.4, -0.2) is 38.9 Å². The molecule has 0 saturated carbocycles. The molecule has 1 unspecified atom stereocenters. The lowest BCUT2D eigenvalue weighted by molar-refractivity contribution is 0.173. The van der Waals surface area contributed by atoms with Crippen molar-refractivity contribution in [2.45, 2.75) is 6.10 Å². The van der Waals surface area contributed by atoms with Crippen molar-refractivity contribution in [2.24, 2.45) is 0 Å². The Labute approximate surface area is 106 Å². The van der Waals surface area contributed by atoms with E-state index in [0.717, 1.165) is 0 Å². The van der Waals surface area contributed by atoms with E-state index in [1.807, 2.05) is 0 Å². The van der Waals surface area contributed by atoms with Crippen molar-refractivity contribution >= 4 is 6.03 Å². The molecule has 0 aliphatic rings. The number of rotatable bonds is 5. The normalized spacial score (nSPS) is 11.6. The van der Waals surface area contributed by atoms with Gasteiger partial charge in [0, 0.05) is 13.6 Å². The molecule has 0 aromatic heterocycles. The van der Waals surface area contributed by atoms with Gasteiger partial charge in [0.2, 0.25) is 0 Å². The summed E-state index contributed by atoms with van der Waals surface area (Å²) in [6, 6.07) is 4.76.